The predicted octanol–water partition coefficient (Wildman–Crippen LogP) is 4.12. The van der Waals surface area contributed by atoms with Crippen LogP contribution in [0.15, 0.2) is 0 Å². The van der Waals surface area contributed by atoms with Crippen molar-refractivity contribution in [3.05, 3.63) is 0 Å². The van der Waals surface area contributed by atoms with Crippen LogP contribution in [-0.4, -0.2) is 12.1 Å². The molecule has 0 heterocycles. The molecular weight excluding hydrogens is 170 g/mol. The molecule has 1 nitrogen and oxygen atoms in total. The normalized spacial score (nSPS) is 15.4. The third-order valence-electron chi connectivity index (χ3n) is 2.92. The Labute approximate surface area is 90.7 Å². The van der Waals surface area contributed by atoms with E-state index in [0.29, 0.717) is 12.1 Å². The van der Waals surface area contributed by atoms with Gasteiger partial charge in [-0.1, -0.05) is 46.0 Å². The Morgan fingerprint density at radius 2 is 1.50 bits per heavy atom. The standard InChI is InChI=1S/C13H29N/c1-5-7-8-9-10-11-13(4)14-12(3)6-2/h12-14H,5-11H2,1-4H3. The van der Waals surface area contributed by atoms with Crippen LogP contribution < -0.4 is 5.32 Å². The van der Waals surface area contributed by atoms with Crippen molar-refractivity contribution in [3.63, 3.8) is 0 Å². The number of unbranched alkanes of at least 4 members (excludes halogenated alkanes) is 4. The summed E-state index contributed by atoms with van der Waals surface area (Å²) in [5.74, 6) is 0. The summed E-state index contributed by atoms with van der Waals surface area (Å²) in [6.07, 6.45) is 9.57. The minimum Gasteiger partial charge on any atom is -0.312 e. The van der Waals surface area contributed by atoms with Gasteiger partial charge >= 0.3 is 0 Å². The highest BCUT2D eigenvalue weighted by Gasteiger charge is 2.04. The Morgan fingerprint density at radius 3 is 2.07 bits per heavy atom. The first kappa shape index (κ1) is 14.0. The lowest BCUT2D eigenvalue weighted by atomic mass is 10.1. The van der Waals surface area contributed by atoms with Crippen molar-refractivity contribution >= 4 is 0 Å². The first-order chi connectivity index (χ1) is 6.70. The van der Waals surface area contributed by atoms with Gasteiger partial charge in [0, 0.05) is 12.1 Å². The van der Waals surface area contributed by atoms with Gasteiger partial charge in [-0.15, -0.1) is 0 Å². The first-order valence-corrected chi connectivity index (χ1v) is 6.46. The molecule has 0 fully saturated rings. The average Bonchev–Trinajstić information content (AvgIpc) is 2.17. The molecule has 14 heavy (non-hydrogen) atoms. The van der Waals surface area contributed by atoms with Crippen molar-refractivity contribution in [1.82, 2.24) is 5.32 Å². The van der Waals surface area contributed by atoms with E-state index < -0.39 is 0 Å². The van der Waals surface area contributed by atoms with E-state index in [1.165, 1.54) is 44.9 Å². The van der Waals surface area contributed by atoms with Gasteiger partial charge < -0.3 is 5.32 Å². The Balaban J connectivity index is 3.22. The lowest BCUT2D eigenvalue weighted by Crippen LogP contribution is -2.33. The van der Waals surface area contributed by atoms with Crippen LogP contribution in [0.5, 0.6) is 0 Å². The summed E-state index contributed by atoms with van der Waals surface area (Å²) >= 11 is 0. The van der Waals surface area contributed by atoms with Crippen LogP contribution >= 0.6 is 0 Å². The van der Waals surface area contributed by atoms with Crippen LogP contribution in [0.2, 0.25) is 0 Å². The monoisotopic (exact) mass is 199 g/mol. The molecule has 0 saturated heterocycles. The van der Waals surface area contributed by atoms with Gasteiger partial charge in [-0.05, 0) is 26.7 Å². The number of nitrogens with one attached hydrogen (secondary N) is 1. The SMILES string of the molecule is CCCCCCCC(C)NC(C)CC. The quantitative estimate of drug-likeness (QED) is 0.551. The van der Waals surface area contributed by atoms with E-state index in [9.17, 15) is 0 Å². The molecule has 0 aliphatic carbocycles. The first-order valence-electron chi connectivity index (χ1n) is 6.46. The van der Waals surface area contributed by atoms with Crippen LogP contribution in [0.1, 0.15) is 72.6 Å². The number of rotatable bonds is 9. The molecule has 86 valence electrons. The molecule has 0 aliphatic heterocycles. The maximum Gasteiger partial charge on any atom is 0.00411 e. The Hall–Kier alpha value is -0.0400. The van der Waals surface area contributed by atoms with Gasteiger partial charge in [-0.3, -0.25) is 0 Å². The number of hydrogen-bond donors (Lipinski definition) is 1. The van der Waals surface area contributed by atoms with Gasteiger partial charge in [-0.25, -0.2) is 0 Å². The van der Waals surface area contributed by atoms with Gasteiger partial charge in [-0.2, -0.15) is 0 Å². The molecule has 0 aromatic carbocycles. The van der Waals surface area contributed by atoms with E-state index in [0.717, 1.165) is 0 Å². The second-order valence-electron chi connectivity index (χ2n) is 4.58. The highest BCUT2D eigenvalue weighted by atomic mass is 14.9. The van der Waals surface area contributed by atoms with Gasteiger partial charge in [0.15, 0.2) is 0 Å². The molecule has 0 spiro atoms. The fraction of sp³-hybridized carbons (Fsp3) is 1.00. The van der Waals surface area contributed by atoms with Crippen molar-refractivity contribution in [2.75, 3.05) is 0 Å². The fourth-order valence-electron chi connectivity index (χ4n) is 1.74. The van der Waals surface area contributed by atoms with Crippen LogP contribution in [-0.2, 0) is 0 Å². The lowest BCUT2D eigenvalue weighted by Gasteiger charge is -2.18. The molecule has 2 unspecified atom stereocenters. The molecule has 1 heteroatoms. The van der Waals surface area contributed by atoms with Crippen LogP contribution in [0.3, 0.4) is 0 Å². The fourth-order valence-corrected chi connectivity index (χ4v) is 1.74. The van der Waals surface area contributed by atoms with E-state index in [2.05, 4.69) is 33.0 Å². The van der Waals surface area contributed by atoms with E-state index in [-0.39, 0.29) is 0 Å². The zero-order valence-corrected chi connectivity index (χ0v) is 10.6. The topological polar surface area (TPSA) is 12.0 Å². The summed E-state index contributed by atoms with van der Waals surface area (Å²) in [6, 6.07) is 1.38. The summed E-state index contributed by atoms with van der Waals surface area (Å²) in [5.41, 5.74) is 0. The molecule has 0 bridgehead atoms. The van der Waals surface area contributed by atoms with Crippen molar-refractivity contribution in [1.29, 1.82) is 0 Å². The molecule has 0 saturated carbocycles. The van der Waals surface area contributed by atoms with Gasteiger partial charge in [0.1, 0.15) is 0 Å². The van der Waals surface area contributed by atoms with Crippen LogP contribution in [0, 0.1) is 0 Å². The van der Waals surface area contributed by atoms with E-state index in [4.69, 9.17) is 0 Å². The van der Waals surface area contributed by atoms with Crippen molar-refractivity contribution in [2.45, 2.75) is 84.7 Å². The minimum absolute atomic E-state index is 0.681. The second kappa shape index (κ2) is 9.51. The molecule has 2 atom stereocenters. The molecule has 0 amide bonds. The molecule has 1 N–H and O–H groups in total. The maximum atomic E-state index is 3.62. The summed E-state index contributed by atoms with van der Waals surface area (Å²) in [7, 11) is 0. The lowest BCUT2D eigenvalue weighted by molar-refractivity contribution is 0.422. The molecule has 0 aromatic rings. The third-order valence-corrected chi connectivity index (χ3v) is 2.92. The number of hydrogen-bond acceptors (Lipinski definition) is 1. The predicted molar refractivity (Wildman–Crippen MR) is 65.7 cm³/mol. The maximum absolute atomic E-state index is 3.62. The summed E-state index contributed by atoms with van der Waals surface area (Å²) in [4.78, 5) is 0. The zero-order chi connectivity index (χ0) is 10.8. The van der Waals surface area contributed by atoms with Gasteiger partial charge in [0.05, 0.1) is 0 Å². The van der Waals surface area contributed by atoms with Crippen molar-refractivity contribution < 1.29 is 0 Å². The average molecular weight is 199 g/mol. The zero-order valence-electron chi connectivity index (χ0n) is 10.6. The van der Waals surface area contributed by atoms with Crippen LogP contribution in [0.25, 0.3) is 0 Å². The summed E-state index contributed by atoms with van der Waals surface area (Å²) in [5, 5.41) is 3.62. The smallest absolute Gasteiger partial charge is 0.00411 e. The molecule has 0 radical (unpaired) electrons. The largest absolute Gasteiger partial charge is 0.312 e. The van der Waals surface area contributed by atoms with Gasteiger partial charge in [0.25, 0.3) is 0 Å². The van der Waals surface area contributed by atoms with E-state index in [1.807, 2.05) is 0 Å². The van der Waals surface area contributed by atoms with Crippen LogP contribution in [0.4, 0.5) is 0 Å². The molecule has 0 aliphatic rings. The van der Waals surface area contributed by atoms with E-state index in [1.54, 1.807) is 0 Å². The van der Waals surface area contributed by atoms with E-state index >= 15 is 0 Å². The second-order valence-corrected chi connectivity index (χ2v) is 4.58. The van der Waals surface area contributed by atoms with Crippen molar-refractivity contribution in [2.24, 2.45) is 0 Å². The molecule has 0 aromatic heterocycles. The highest BCUT2D eigenvalue weighted by molar-refractivity contribution is 4.65. The highest BCUT2D eigenvalue weighted by Crippen LogP contribution is 2.07. The Morgan fingerprint density at radius 1 is 0.857 bits per heavy atom. The molecule has 0 rings (SSSR count). The van der Waals surface area contributed by atoms with Crippen molar-refractivity contribution in [3.8, 4) is 0 Å². The van der Waals surface area contributed by atoms with Gasteiger partial charge in [0.2, 0.25) is 0 Å². The minimum atomic E-state index is 0.681. The molecular formula is C13H29N. The third kappa shape index (κ3) is 8.55. The Bertz CT molecular complexity index is 112. The summed E-state index contributed by atoms with van der Waals surface area (Å²) < 4.78 is 0. The summed E-state index contributed by atoms with van der Waals surface area (Å²) in [6.45, 7) is 9.10. The Kier molecular flexibility index (Phi) is 9.49.